The number of ether oxygens (including phenoxy) is 2. The molecule has 0 spiro atoms. The zero-order valence-corrected chi connectivity index (χ0v) is 19.2. The van der Waals surface area contributed by atoms with E-state index in [1.807, 2.05) is 6.07 Å². The molecule has 182 valence electrons. The third-order valence-corrected chi connectivity index (χ3v) is 6.31. The molecule has 4 rings (SSSR count). The molecule has 2 heterocycles. The number of carbonyl (C=O) groups is 1. The number of piperidine rings is 1. The maximum Gasteiger partial charge on any atom is 0.416 e. The summed E-state index contributed by atoms with van der Waals surface area (Å²) in [6.07, 6.45) is 2.26. The number of methoxy groups -OCH3 is 1. The minimum atomic E-state index is -4.48. The summed E-state index contributed by atoms with van der Waals surface area (Å²) >= 11 is 0. The lowest BCUT2D eigenvalue weighted by atomic mass is 10.1. The molecule has 2 aromatic rings. The highest BCUT2D eigenvalue weighted by molar-refractivity contribution is 6.05. The van der Waals surface area contributed by atoms with Crippen molar-refractivity contribution in [3.63, 3.8) is 0 Å². The molecule has 0 aliphatic carbocycles. The van der Waals surface area contributed by atoms with E-state index in [4.69, 9.17) is 9.47 Å². The van der Waals surface area contributed by atoms with Gasteiger partial charge in [0.25, 0.3) is 5.91 Å². The van der Waals surface area contributed by atoms with Gasteiger partial charge in [0.1, 0.15) is 6.61 Å². The third kappa shape index (κ3) is 5.55. The highest BCUT2D eigenvalue weighted by Crippen LogP contribution is 2.39. The van der Waals surface area contributed by atoms with Crippen molar-refractivity contribution in [3.8, 4) is 11.5 Å². The van der Waals surface area contributed by atoms with Gasteiger partial charge >= 0.3 is 6.18 Å². The Balaban J connectivity index is 1.48. The molecule has 34 heavy (non-hydrogen) atoms. The molecule has 1 saturated heterocycles. The average molecular weight is 475 g/mol. The van der Waals surface area contributed by atoms with E-state index in [1.165, 1.54) is 49.6 Å². The summed E-state index contributed by atoms with van der Waals surface area (Å²) in [4.78, 5) is 16.9. The molecule has 0 saturated carbocycles. The Morgan fingerprint density at radius 1 is 1.06 bits per heavy atom. The lowest BCUT2D eigenvalue weighted by Gasteiger charge is -2.26. The Labute approximate surface area is 197 Å². The number of benzene rings is 2. The van der Waals surface area contributed by atoms with E-state index in [9.17, 15) is 18.0 Å². The Morgan fingerprint density at radius 2 is 1.82 bits per heavy atom. The van der Waals surface area contributed by atoms with Crippen LogP contribution in [0.25, 0.3) is 6.08 Å². The number of rotatable bonds is 7. The van der Waals surface area contributed by atoms with E-state index in [2.05, 4.69) is 4.90 Å². The molecule has 5 nitrogen and oxygen atoms in total. The van der Waals surface area contributed by atoms with Crippen molar-refractivity contribution in [2.75, 3.05) is 44.8 Å². The van der Waals surface area contributed by atoms with E-state index < -0.39 is 11.7 Å². The fourth-order valence-corrected chi connectivity index (χ4v) is 4.52. The lowest BCUT2D eigenvalue weighted by molar-refractivity contribution is -0.137. The van der Waals surface area contributed by atoms with Crippen LogP contribution in [0.4, 0.5) is 18.9 Å². The predicted molar refractivity (Wildman–Crippen MR) is 125 cm³/mol. The first-order valence-electron chi connectivity index (χ1n) is 11.6. The zero-order chi connectivity index (χ0) is 24.1. The smallest absolute Gasteiger partial charge is 0.416 e. The van der Waals surface area contributed by atoms with Crippen LogP contribution in [0.1, 0.15) is 36.0 Å². The fraction of sp³-hybridized carbons (Fsp3) is 0.423. The van der Waals surface area contributed by atoms with Crippen LogP contribution in [0.2, 0.25) is 0 Å². The predicted octanol–water partition coefficient (Wildman–Crippen LogP) is 5.18. The first-order chi connectivity index (χ1) is 16.4. The second-order valence-electron chi connectivity index (χ2n) is 8.54. The number of fused-ring (bicyclic) bond motifs is 1. The minimum Gasteiger partial charge on any atom is -0.493 e. The topological polar surface area (TPSA) is 42.0 Å². The first-order valence-corrected chi connectivity index (χ1v) is 11.6. The molecule has 0 aromatic heterocycles. The van der Waals surface area contributed by atoms with Crippen LogP contribution >= 0.6 is 0 Å². The Hall–Kier alpha value is -3.00. The summed E-state index contributed by atoms with van der Waals surface area (Å²) in [6, 6.07) is 8.89. The van der Waals surface area contributed by atoms with Crippen molar-refractivity contribution in [1.29, 1.82) is 0 Å². The Bertz CT molecular complexity index is 1050. The van der Waals surface area contributed by atoms with Gasteiger partial charge in [0, 0.05) is 25.2 Å². The zero-order valence-electron chi connectivity index (χ0n) is 19.2. The normalized spacial score (nSPS) is 16.6. The molecule has 0 bridgehead atoms. The van der Waals surface area contributed by atoms with Gasteiger partial charge in [-0.05, 0) is 61.7 Å². The number of alkyl halides is 3. The molecule has 2 aliphatic heterocycles. The lowest BCUT2D eigenvalue weighted by Crippen LogP contribution is -2.33. The van der Waals surface area contributed by atoms with Gasteiger partial charge in [-0.25, -0.2) is 0 Å². The molecule has 1 amide bonds. The van der Waals surface area contributed by atoms with Gasteiger partial charge in [0.05, 0.1) is 18.4 Å². The summed E-state index contributed by atoms with van der Waals surface area (Å²) < 4.78 is 51.3. The monoisotopic (exact) mass is 474 g/mol. The minimum absolute atomic E-state index is 0.0424. The van der Waals surface area contributed by atoms with Crippen molar-refractivity contribution in [1.82, 2.24) is 4.90 Å². The largest absolute Gasteiger partial charge is 0.493 e. The van der Waals surface area contributed by atoms with E-state index in [1.54, 1.807) is 18.1 Å². The quantitative estimate of drug-likeness (QED) is 0.519. The number of hydrogen-bond acceptors (Lipinski definition) is 4. The maximum absolute atomic E-state index is 13.2. The van der Waals surface area contributed by atoms with Crippen LogP contribution in [0.3, 0.4) is 0 Å². The van der Waals surface area contributed by atoms with Crippen molar-refractivity contribution in [3.05, 3.63) is 59.2 Å². The highest BCUT2D eigenvalue weighted by Gasteiger charge is 2.32. The van der Waals surface area contributed by atoms with E-state index in [-0.39, 0.29) is 11.5 Å². The third-order valence-electron chi connectivity index (χ3n) is 6.31. The Kier molecular flexibility index (Phi) is 7.46. The van der Waals surface area contributed by atoms with Crippen LogP contribution in [0.15, 0.2) is 42.5 Å². The number of anilines is 1. The van der Waals surface area contributed by atoms with Gasteiger partial charge in [-0.3, -0.25) is 9.69 Å². The summed E-state index contributed by atoms with van der Waals surface area (Å²) in [5.41, 5.74) is 0.833. The second kappa shape index (κ2) is 10.5. The first kappa shape index (κ1) is 24.1. The summed E-state index contributed by atoms with van der Waals surface area (Å²) in [5, 5.41) is 0. The fourth-order valence-electron chi connectivity index (χ4n) is 4.52. The standard InChI is InChI=1S/C26H29F3N2O3/c1-33-23-17-20-11-14-31(22(20)18-24(23)34-16-15-30-12-5-2-6-13-30)25(32)10-9-19-7-3-4-8-21(19)26(27,28)29/h3-4,7-10,17-18H,2,5-6,11-16H2,1H3/b10-9+. The van der Waals surface area contributed by atoms with Gasteiger partial charge < -0.3 is 14.4 Å². The average Bonchev–Trinajstić information content (AvgIpc) is 3.25. The molecule has 0 atom stereocenters. The number of carbonyl (C=O) groups excluding carboxylic acids is 1. The van der Waals surface area contributed by atoms with Crippen LogP contribution in [0.5, 0.6) is 11.5 Å². The van der Waals surface area contributed by atoms with Crippen LogP contribution < -0.4 is 14.4 Å². The van der Waals surface area contributed by atoms with Crippen molar-refractivity contribution in [2.24, 2.45) is 0 Å². The number of halogens is 3. The maximum atomic E-state index is 13.2. The number of hydrogen-bond donors (Lipinski definition) is 0. The summed E-state index contributed by atoms with van der Waals surface area (Å²) in [6.45, 7) is 3.94. The Morgan fingerprint density at radius 3 is 2.56 bits per heavy atom. The molecule has 8 heteroatoms. The van der Waals surface area contributed by atoms with Gasteiger partial charge in [0.2, 0.25) is 0 Å². The molecule has 0 radical (unpaired) electrons. The van der Waals surface area contributed by atoms with Crippen molar-refractivity contribution < 1.29 is 27.4 Å². The van der Waals surface area contributed by atoms with Gasteiger partial charge in [-0.1, -0.05) is 24.6 Å². The molecule has 2 aliphatic rings. The van der Waals surface area contributed by atoms with E-state index in [0.717, 1.165) is 31.3 Å². The number of amides is 1. The highest BCUT2D eigenvalue weighted by atomic mass is 19.4. The summed E-state index contributed by atoms with van der Waals surface area (Å²) in [7, 11) is 1.58. The molecule has 0 unspecified atom stereocenters. The summed E-state index contributed by atoms with van der Waals surface area (Å²) in [5.74, 6) is 0.797. The van der Waals surface area contributed by atoms with Gasteiger partial charge in [0.15, 0.2) is 11.5 Å². The van der Waals surface area contributed by atoms with E-state index >= 15 is 0 Å². The molecule has 0 N–H and O–H groups in total. The molecular weight excluding hydrogens is 445 g/mol. The molecule has 2 aromatic carbocycles. The van der Waals surface area contributed by atoms with Crippen LogP contribution in [0, 0.1) is 0 Å². The van der Waals surface area contributed by atoms with Gasteiger partial charge in [-0.15, -0.1) is 0 Å². The van der Waals surface area contributed by atoms with Gasteiger partial charge in [-0.2, -0.15) is 13.2 Å². The van der Waals surface area contributed by atoms with Crippen molar-refractivity contribution >= 4 is 17.7 Å². The van der Waals surface area contributed by atoms with Crippen LogP contribution in [-0.4, -0.2) is 50.7 Å². The number of nitrogens with zero attached hydrogens (tertiary/aromatic N) is 2. The molecular formula is C26H29F3N2O3. The van der Waals surface area contributed by atoms with E-state index in [0.29, 0.717) is 36.8 Å². The van der Waals surface area contributed by atoms with Crippen LogP contribution in [-0.2, 0) is 17.4 Å². The van der Waals surface area contributed by atoms with Crippen molar-refractivity contribution in [2.45, 2.75) is 31.9 Å². The SMILES string of the molecule is COc1cc2c(cc1OCCN1CCCCC1)N(C(=O)/C=C/c1ccccc1C(F)(F)F)CC2. The molecule has 1 fully saturated rings. The number of likely N-dealkylation sites (tertiary alicyclic amines) is 1. The second-order valence-corrected chi connectivity index (χ2v) is 8.54.